The van der Waals surface area contributed by atoms with E-state index >= 15 is 0 Å². The summed E-state index contributed by atoms with van der Waals surface area (Å²) in [7, 11) is 0. The Hall–Kier alpha value is -3.08. The first-order chi connectivity index (χ1) is 12.7. The summed E-state index contributed by atoms with van der Waals surface area (Å²) in [5, 5.41) is 2.81. The van der Waals surface area contributed by atoms with Crippen LogP contribution in [0.5, 0.6) is 0 Å². The third-order valence-corrected chi connectivity index (χ3v) is 5.03. The van der Waals surface area contributed by atoms with Crippen LogP contribution in [-0.4, -0.2) is 42.6 Å². The Kier molecular flexibility index (Phi) is 4.21. The van der Waals surface area contributed by atoms with Gasteiger partial charge in [0.2, 0.25) is 5.91 Å². The van der Waals surface area contributed by atoms with Gasteiger partial charge in [0.1, 0.15) is 6.61 Å². The van der Waals surface area contributed by atoms with Gasteiger partial charge in [-0.05, 0) is 28.3 Å². The van der Waals surface area contributed by atoms with Crippen LogP contribution in [0.1, 0.15) is 17.0 Å². The van der Waals surface area contributed by atoms with Gasteiger partial charge in [-0.1, -0.05) is 55.1 Å². The van der Waals surface area contributed by atoms with Crippen molar-refractivity contribution < 1.29 is 14.3 Å². The van der Waals surface area contributed by atoms with E-state index in [1.807, 2.05) is 24.3 Å². The van der Waals surface area contributed by atoms with Gasteiger partial charge in [0.15, 0.2) is 0 Å². The molecule has 0 unspecified atom stereocenters. The lowest BCUT2D eigenvalue weighted by Gasteiger charge is -2.38. The minimum atomic E-state index is -0.442. The first-order valence-electron chi connectivity index (χ1n) is 8.70. The van der Waals surface area contributed by atoms with Crippen molar-refractivity contribution in [2.75, 3.05) is 19.7 Å². The number of hydrogen-bond donors (Lipinski definition) is 1. The minimum Gasteiger partial charge on any atom is -0.449 e. The molecule has 0 saturated carbocycles. The number of fused-ring (bicyclic) bond motifs is 3. The molecule has 0 atom stereocenters. The summed E-state index contributed by atoms with van der Waals surface area (Å²) in [4.78, 5) is 25.2. The van der Waals surface area contributed by atoms with Gasteiger partial charge in [0, 0.05) is 19.0 Å². The van der Waals surface area contributed by atoms with Crippen LogP contribution in [0.25, 0.3) is 11.1 Å². The van der Waals surface area contributed by atoms with Crippen LogP contribution in [0.15, 0.2) is 61.2 Å². The molecule has 1 aliphatic carbocycles. The predicted molar refractivity (Wildman–Crippen MR) is 98.8 cm³/mol. The van der Waals surface area contributed by atoms with Crippen molar-refractivity contribution >= 4 is 12.0 Å². The normalized spacial score (nSPS) is 15.6. The van der Waals surface area contributed by atoms with E-state index < -0.39 is 6.09 Å². The van der Waals surface area contributed by atoms with Crippen LogP contribution >= 0.6 is 0 Å². The van der Waals surface area contributed by atoms with Gasteiger partial charge >= 0.3 is 6.09 Å². The number of carbonyl (C=O) groups excluding carboxylic acids is 2. The molecule has 0 radical (unpaired) electrons. The summed E-state index contributed by atoms with van der Waals surface area (Å²) >= 11 is 0. The van der Waals surface area contributed by atoms with Crippen molar-refractivity contribution in [1.29, 1.82) is 0 Å². The van der Waals surface area contributed by atoms with E-state index in [1.165, 1.54) is 28.3 Å². The summed E-state index contributed by atoms with van der Waals surface area (Å²) in [6.07, 6.45) is 0.839. The molecule has 4 rings (SSSR count). The second-order valence-electron chi connectivity index (χ2n) is 6.61. The van der Waals surface area contributed by atoms with Crippen molar-refractivity contribution in [2.24, 2.45) is 0 Å². The molecule has 2 aromatic rings. The number of hydrogen-bond acceptors (Lipinski definition) is 3. The molecule has 132 valence electrons. The van der Waals surface area contributed by atoms with Gasteiger partial charge in [-0.15, -0.1) is 0 Å². The molecule has 1 heterocycles. The van der Waals surface area contributed by atoms with Gasteiger partial charge in [0.05, 0.1) is 6.04 Å². The highest BCUT2D eigenvalue weighted by atomic mass is 16.5. The van der Waals surface area contributed by atoms with Gasteiger partial charge in [0.25, 0.3) is 0 Å². The Morgan fingerprint density at radius 1 is 1.08 bits per heavy atom. The van der Waals surface area contributed by atoms with E-state index in [-0.39, 0.29) is 17.9 Å². The molecule has 26 heavy (non-hydrogen) atoms. The average molecular weight is 348 g/mol. The summed E-state index contributed by atoms with van der Waals surface area (Å²) in [5.74, 6) is -0.0658. The molecule has 2 aromatic carbocycles. The molecular weight excluding hydrogens is 328 g/mol. The standard InChI is InChI=1S/C21H20N2O3/c1-2-20(24)23-11-14(12-23)22-21(25)26-13-19-17-9-5-3-7-15(17)16-8-4-6-10-18(16)19/h2-10,14,19H,1,11-13H2,(H,22,25). The molecule has 0 aromatic heterocycles. The zero-order valence-electron chi connectivity index (χ0n) is 14.4. The van der Waals surface area contributed by atoms with Crippen LogP contribution < -0.4 is 5.32 Å². The summed E-state index contributed by atoms with van der Waals surface area (Å²) in [6.45, 7) is 4.74. The maximum absolute atomic E-state index is 12.1. The van der Waals surface area contributed by atoms with Crippen molar-refractivity contribution in [3.8, 4) is 11.1 Å². The quantitative estimate of drug-likeness (QED) is 0.865. The second kappa shape index (κ2) is 6.67. The van der Waals surface area contributed by atoms with E-state index in [0.29, 0.717) is 19.7 Å². The highest BCUT2D eigenvalue weighted by Gasteiger charge is 2.32. The van der Waals surface area contributed by atoms with Crippen molar-refractivity contribution in [3.05, 3.63) is 72.3 Å². The van der Waals surface area contributed by atoms with Crippen LogP contribution in [0.2, 0.25) is 0 Å². The number of rotatable bonds is 4. The average Bonchev–Trinajstić information content (AvgIpc) is 2.96. The lowest BCUT2D eigenvalue weighted by atomic mass is 9.98. The third-order valence-electron chi connectivity index (χ3n) is 5.03. The number of likely N-dealkylation sites (tertiary alicyclic amines) is 1. The minimum absolute atomic E-state index is 0.0494. The molecule has 2 amide bonds. The Morgan fingerprint density at radius 2 is 1.65 bits per heavy atom. The van der Waals surface area contributed by atoms with Gasteiger partial charge in [-0.25, -0.2) is 4.79 Å². The third kappa shape index (κ3) is 2.86. The van der Waals surface area contributed by atoms with Crippen molar-refractivity contribution in [2.45, 2.75) is 12.0 Å². The number of carbonyl (C=O) groups is 2. The molecule has 5 nitrogen and oxygen atoms in total. The van der Waals surface area contributed by atoms with Crippen LogP contribution in [0.4, 0.5) is 4.79 Å². The molecule has 0 bridgehead atoms. The fraction of sp³-hybridized carbons (Fsp3) is 0.238. The number of benzene rings is 2. The highest BCUT2D eigenvalue weighted by Crippen LogP contribution is 2.44. The SMILES string of the molecule is C=CC(=O)N1CC(NC(=O)OCC2c3ccccc3-c3ccccc32)C1. The van der Waals surface area contributed by atoms with Gasteiger partial charge in [-0.2, -0.15) is 0 Å². The molecule has 2 aliphatic rings. The Morgan fingerprint density at radius 3 is 2.23 bits per heavy atom. The second-order valence-corrected chi connectivity index (χ2v) is 6.61. The van der Waals surface area contributed by atoms with Gasteiger partial charge in [-0.3, -0.25) is 4.79 Å². The van der Waals surface area contributed by atoms with E-state index in [4.69, 9.17) is 4.74 Å². The number of ether oxygens (including phenoxy) is 1. The monoisotopic (exact) mass is 348 g/mol. The lowest BCUT2D eigenvalue weighted by Crippen LogP contribution is -2.60. The molecule has 1 fully saturated rings. The van der Waals surface area contributed by atoms with Crippen molar-refractivity contribution in [1.82, 2.24) is 10.2 Å². The van der Waals surface area contributed by atoms with Crippen LogP contribution in [0, 0.1) is 0 Å². The number of nitrogens with zero attached hydrogens (tertiary/aromatic N) is 1. The number of amides is 2. The summed E-state index contributed by atoms with van der Waals surface area (Å²) in [6, 6.07) is 16.4. The molecule has 0 spiro atoms. The maximum atomic E-state index is 12.1. The smallest absolute Gasteiger partial charge is 0.407 e. The zero-order valence-corrected chi connectivity index (χ0v) is 14.4. The fourth-order valence-electron chi connectivity index (χ4n) is 3.69. The lowest BCUT2D eigenvalue weighted by molar-refractivity contribution is -0.130. The maximum Gasteiger partial charge on any atom is 0.407 e. The molecule has 1 N–H and O–H groups in total. The van der Waals surface area contributed by atoms with E-state index in [0.717, 1.165) is 0 Å². The topological polar surface area (TPSA) is 58.6 Å². The van der Waals surface area contributed by atoms with Crippen molar-refractivity contribution in [3.63, 3.8) is 0 Å². The van der Waals surface area contributed by atoms with E-state index in [1.54, 1.807) is 4.90 Å². The van der Waals surface area contributed by atoms with E-state index in [2.05, 4.69) is 36.2 Å². The van der Waals surface area contributed by atoms with Crippen LogP contribution in [0.3, 0.4) is 0 Å². The van der Waals surface area contributed by atoms with Crippen LogP contribution in [-0.2, 0) is 9.53 Å². The summed E-state index contributed by atoms with van der Waals surface area (Å²) < 4.78 is 5.49. The highest BCUT2D eigenvalue weighted by molar-refractivity contribution is 5.88. The number of nitrogens with one attached hydrogen (secondary N) is 1. The number of alkyl carbamates (subject to hydrolysis) is 1. The largest absolute Gasteiger partial charge is 0.449 e. The van der Waals surface area contributed by atoms with E-state index in [9.17, 15) is 9.59 Å². The Labute approximate surface area is 152 Å². The first kappa shape index (κ1) is 16.4. The predicted octanol–water partition coefficient (Wildman–Crippen LogP) is 2.92. The Balaban J connectivity index is 1.37. The Bertz CT molecular complexity index is 826. The first-order valence-corrected chi connectivity index (χ1v) is 8.70. The zero-order chi connectivity index (χ0) is 18.1. The summed E-state index contributed by atoms with van der Waals surface area (Å²) in [5.41, 5.74) is 4.78. The molecule has 1 saturated heterocycles. The fourth-order valence-corrected chi connectivity index (χ4v) is 3.69. The molecule has 1 aliphatic heterocycles. The van der Waals surface area contributed by atoms with Gasteiger partial charge < -0.3 is 15.0 Å². The molecule has 5 heteroatoms. The molecular formula is C21H20N2O3.